The average Bonchev–Trinajstić information content (AvgIpc) is 2.75. The summed E-state index contributed by atoms with van der Waals surface area (Å²) >= 11 is 5.33. The molecule has 2 unspecified atom stereocenters. The van der Waals surface area contributed by atoms with Gasteiger partial charge in [0.15, 0.2) is 0 Å². The van der Waals surface area contributed by atoms with E-state index in [2.05, 4.69) is 38.3 Å². The molecular weight excluding hydrogens is 312 g/mol. The summed E-state index contributed by atoms with van der Waals surface area (Å²) < 4.78 is 1.21. The minimum atomic E-state index is 0.242. The second-order valence-electron chi connectivity index (χ2n) is 5.20. The van der Waals surface area contributed by atoms with Gasteiger partial charge >= 0.3 is 0 Å². The number of fused-ring (bicyclic) bond motifs is 1. The van der Waals surface area contributed by atoms with E-state index in [4.69, 9.17) is 0 Å². The van der Waals surface area contributed by atoms with Gasteiger partial charge in [-0.3, -0.25) is 9.69 Å². The van der Waals surface area contributed by atoms with E-state index in [9.17, 15) is 4.79 Å². The van der Waals surface area contributed by atoms with Gasteiger partial charge in [-0.15, -0.1) is 11.3 Å². The first-order valence-corrected chi connectivity index (χ1v) is 8.07. The van der Waals surface area contributed by atoms with Crippen molar-refractivity contribution in [1.29, 1.82) is 0 Å². The number of thiophene rings is 1. The number of halogens is 1. The summed E-state index contributed by atoms with van der Waals surface area (Å²) in [6.07, 6.45) is 2.86. The first kappa shape index (κ1) is 12.6. The van der Waals surface area contributed by atoms with Crippen LogP contribution in [0.25, 0.3) is 0 Å². The van der Waals surface area contributed by atoms with Crippen LogP contribution in [-0.4, -0.2) is 29.9 Å². The van der Waals surface area contributed by atoms with E-state index in [0.29, 0.717) is 18.4 Å². The molecule has 1 aromatic rings. The Hall–Kier alpha value is -0.390. The van der Waals surface area contributed by atoms with E-state index >= 15 is 0 Å². The Labute approximate surface area is 120 Å². The molecule has 98 valence electrons. The Morgan fingerprint density at radius 3 is 3.11 bits per heavy atom. The molecule has 0 aromatic carbocycles. The third kappa shape index (κ3) is 2.78. The first-order valence-electron chi connectivity index (χ1n) is 6.46. The molecule has 2 saturated heterocycles. The quantitative estimate of drug-likeness (QED) is 0.905. The zero-order valence-corrected chi connectivity index (χ0v) is 12.6. The molecule has 1 amide bonds. The van der Waals surface area contributed by atoms with E-state index in [1.807, 2.05) is 11.3 Å². The van der Waals surface area contributed by atoms with E-state index in [1.54, 1.807) is 0 Å². The van der Waals surface area contributed by atoms with Crippen molar-refractivity contribution in [3.63, 3.8) is 0 Å². The highest BCUT2D eigenvalue weighted by Crippen LogP contribution is 2.28. The van der Waals surface area contributed by atoms with E-state index in [-0.39, 0.29) is 5.91 Å². The van der Waals surface area contributed by atoms with Gasteiger partial charge in [0.2, 0.25) is 5.91 Å². The van der Waals surface area contributed by atoms with Crippen LogP contribution in [0.1, 0.15) is 24.1 Å². The lowest BCUT2D eigenvalue weighted by molar-refractivity contribution is -0.125. The van der Waals surface area contributed by atoms with Crippen molar-refractivity contribution in [2.75, 3.05) is 13.1 Å². The maximum atomic E-state index is 11.4. The lowest BCUT2D eigenvalue weighted by Crippen LogP contribution is -2.53. The van der Waals surface area contributed by atoms with E-state index < -0.39 is 0 Å². The summed E-state index contributed by atoms with van der Waals surface area (Å²) in [5.74, 6) is 0.895. The maximum absolute atomic E-state index is 11.4. The van der Waals surface area contributed by atoms with Crippen LogP contribution in [0, 0.1) is 5.92 Å². The number of piperidine rings is 2. The van der Waals surface area contributed by atoms with Crippen molar-refractivity contribution >= 4 is 33.2 Å². The molecule has 3 heterocycles. The summed E-state index contributed by atoms with van der Waals surface area (Å²) in [5, 5.41) is 3.14. The Kier molecular flexibility index (Phi) is 3.73. The summed E-state index contributed by atoms with van der Waals surface area (Å²) in [7, 11) is 0. The van der Waals surface area contributed by atoms with Crippen LogP contribution < -0.4 is 5.32 Å². The van der Waals surface area contributed by atoms with E-state index in [0.717, 1.165) is 32.5 Å². The molecule has 1 N–H and O–H groups in total. The molecule has 0 bridgehead atoms. The summed E-state index contributed by atoms with van der Waals surface area (Å²) in [4.78, 5) is 15.3. The summed E-state index contributed by atoms with van der Waals surface area (Å²) in [6, 6.07) is 4.74. The molecule has 0 spiro atoms. The second kappa shape index (κ2) is 5.31. The number of nitrogens with one attached hydrogen (secondary N) is 1. The molecule has 2 aliphatic rings. The summed E-state index contributed by atoms with van der Waals surface area (Å²) in [6.45, 7) is 3.27. The van der Waals surface area contributed by atoms with Crippen molar-refractivity contribution in [2.45, 2.75) is 31.8 Å². The molecular formula is C13H17BrN2OS. The number of carbonyl (C=O) groups excluding carboxylic acids is 1. The predicted octanol–water partition coefficient (Wildman–Crippen LogP) is 2.61. The topological polar surface area (TPSA) is 32.3 Å². The standard InChI is InChI=1S/C13H17BrN2OS/c14-12-3-2-10(18-12)8-16-6-5-11-9(7-16)1-4-13(17)15-11/h2-3,9,11H,1,4-8H2,(H,15,17). The zero-order chi connectivity index (χ0) is 12.5. The fraction of sp³-hybridized carbons (Fsp3) is 0.615. The van der Waals surface area contributed by atoms with E-state index in [1.165, 1.54) is 8.66 Å². The SMILES string of the molecule is O=C1CCC2CN(Cc3ccc(Br)s3)CCC2N1. The molecule has 2 fully saturated rings. The number of carbonyl (C=O) groups is 1. The van der Waals surface area contributed by atoms with Crippen molar-refractivity contribution < 1.29 is 4.79 Å². The minimum Gasteiger partial charge on any atom is -0.353 e. The molecule has 5 heteroatoms. The molecule has 2 atom stereocenters. The maximum Gasteiger partial charge on any atom is 0.220 e. The third-order valence-electron chi connectivity index (χ3n) is 3.91. The molecule has 0 radical (unpaired) electrons. The molecule has 3 rings (SSSR count). The molecule has 0 saturated carbocycles. The smallest absolute Gasteiger partial charge is 0.220 e. The predicted molar refractivity (Wildman–Crippen MR) is 76.6 cm³/mol. The Bertz CT molecular complexity index is 448. The fourth-order valence-corrected chi connectivity index (χ4v) is 4.51. The Morgan fingerprint density at radius 1 is 1.44 bits per heavy atom. The lowest BCUT2D eigenvalue weighted by Gasteiger charge is -2.41. The lowest BCUT2D eigenvalue weighted by atomic mass is 9.85. The normalized spacial score (nSPS) is 28.8. The van der Waals surface area contributed by atoms with Crippen LogP contribution >= 0.6 is 27.3 Å². The van der Waals surface area contributed by atoms with Crippen LogP contribution in [0.2, 0.25) is 0 Å². The highest BCUT2D eigenvalue weighted by molar-refractivity contribution is 9.11. The number of rotatable bonds is 2. The number of hydrogen-bond donors (Lipinski definition) is 1. The van der Waals surface area contributed by atoms with Crippen LogP contribution in [0.5, 0.6) is 0 Å². The molecule has 0 aliphatic carbocycles. The minimum absolute atomic E-state index is 0.242. The van der Waals surface area contributed by atoms with Crippen molar-refractivity contribution in [2.24, 2.45) is 5.92 Å². The third-order valence-corrected chi connectivity index (χ3v) is 5.52. The molecule has 18 heavy (non-hydrogen) atoms. The Morgan fingerprint density at radius 2 is 2.33 bits per heavy atom. The number of amides is 1. The van der Waals surface area contributed by atoms with Gasteiger partial charge in [-0.25, -0.2) is 0 Å². The zero-order valence-electron chi connectivity index (χ0n) is 10.2. The average molecular weight is 329 g/mol. The van der Waals surface area contributed by atoms with Gasteiger partial charge in [0, 0.05) is 37.0 Å². The van der Waals surface area contributed by atoms with Gasteiger partial charge in [-0.2, -0.15) is 0 Å². The fourth-order valence-electron chi connectivity index (χ4n) is 2.99. The van der Waals surface area contributed by atoms with Crippen LogP contribution in [0.3, 0.4) is 0 Å². The summed E-state index contributed by atoms with van der Waals surface area (Å²) in [5.41, 5.74) is 0. The highest BCUT2D eigenvalue weighted by Gasteiger charge is 2.33. The van der Waals surface area contributed by atoms with Crippen molar-refractivity contribution in [1.82, 2.24) is 10.2 Å². The van der Waals surface area contributed by atoms with Gasteiger partial charge in [0.1, 0.15) is 0 Å². The number of likely N-dealkylation sites (tertiary alicyclic amines) is 1. The van der Waals surface area contributed by atoms with Crippen LogP contribution in [0.4, 0.5) is 0 Å². The monoisotopic (exact) mass is 328 g/mol. The van der Waals surface area contributed by atoms with Gasteiger partial charge < -0.3 is 5.32 Å². The first-order chi connectivity index (χ1) is 8.70. The highest BCUT2D eigenvalue weighted by atomic mass is 79.9. The Balaban J connectivity index is 1.59. The van der Waals surface area contributed by atoms with Crippen LogP contribution in [0.15, 0.2) is 15.9 Å². The molecule has 3 nitrogen and oxygen atoms in total. The molecule has 2 aliphatic heterocycles. The number of hydrogen-bond acceptors (Lipinski definition) is 3. The number of nitrogens with zero attached hydrogens (tertiary/aromatic N) is 1. The van der Waals surface area contributed by atoms with Crippen LogP contribution in [-0.2, 0) is 11.3 Å². The van der Waals surface area contributed by atoms with Gasteiger partial charge in [0.05, 0.1) is 3.79 Å². The van der Waals surface area contributed by atoms with Crippen molar-refractivity contribution in [3.8, 4) is 0 Å². The molecule has 1 aromatic heterocycles. The largest absolute Gasteiger partial charge is 0.353 e. The van der Waals surface area contributed by atoms with Gasteiger partial charge in [-0.1, -0.05) is 0 Å². The van der Waals surface area contributed by atoms with Crippen molar-refractivity contribution in [3.05, 3.63) is 20.8 Å². The van der Waals surface area contributed by atoms with Gasteiger partial charge in [0.25, 0.3) is 0 Å². The van der Waals surface area contributed by atoms with Gasteiger partial charge in [-0.05, 0) is 46.8 Å². The second-order valence-corrected chi connectivity index (χ2v) is 7.75.